The highest BCUT2D eigenvalue weighted by atomic mass is 79.9. The van der Waals surface area contributed by atoms with Crippen molar-refractivity contribution in [3.8, 4) is 0 Å². The van der Waals surface area contributed by atoms with Crippen molar-refractivity contribution >= 4 is 37.6 Å². The van der Waals surface area contributed by atoms with Gasteiger partial charge in [0.05, 0.1) is 17.6 Å². The molecule has 0 amide bonds. The minimum absolute atomic E-state index is 0.108. The SMILES string of the molecule is COC(=O)c1cc(S(N)(=O)=O)ccc1NCc1ccc(Br)cc1. The fourth-order valence-electron chi connectivity index (χ4n) is 1.93. The van der Waals surface area contributed by atoms with E-state index in [-0.39, 0.29) is 10.5 Å². The van der Waals surface area contributed by atoms with E-state index in [2.05, 4.69) is 21.2 Å². The molecule has 0 aliphatic carbocycles. The molecule has 6 nitrogen and oxygen atoms in total. The van der Waals surface area contributed by atoms with Crippen LogP contribution in [0.25, 0.3) is 0 Å². The summed E-state index contributed by atoms with van der Waals surface area (Å²) < 4.78 is 28.5. The van der Waals surface area contributed by atoms with Crippen molar-refractivity contribution in [2.75, 3.05) is 12.4 Å². The Morgan fingerprint density at radius 2 is 1.87 bits per heavy atom. The van der Waals surface area contributed by atoms with Crippen LogP contribution in [0, 0.1) is 0 Å². The van der Waals surface area contributed by atoms with Crippen molar-refractivity contribution in [2.24, 2.45) is 5.14 Å². The van der Waals surface area contributed by atoms with E-state index in [4.69, 9.17) is 9.88 Å². The molecule has 2 aromatic carbocycles. The van der Waals surface area contributed by atoms with Crippen LogP contribution in [0.2, 0.25) is 0 Å². The second-order valence-corrected chi connectivity index (χ2v) is 7.20. The Morgan fingerprint density at radius 1 is 1.22 bits per heavy atom. The number of nitrogens with one attached hydrogen (secondary N) is 1. The van der Waals surface area contributed by atoms with Gasteiger partial charge in [-0.1, -0.05) is 28.1 Å². The lowest BCUT2D eigenvalue weighted by Gasteiger charge is -2.12. The highest BCUT2D eigenvalue weighted by Crippen LogP contribution is 2.22. The van der Waals surface area contributed by atoms with Crippen molar-refractivity contribution in [1.29, 1.82) is 0 Å². The Labute approximate surface area is 142 Å². The number of benzene rings is 2. The van der Waals surface area contributed by atoms with Crippen LogP contribution in [0.15, 0.2) is 51.8 Å². The van der Waals surface area contributed by atoms with E-state index in [1.54, 1.807) is 0 Å². The first-order valence-electron chi connectivity index (χ1n) is 6.55. The number of hydrogen-bond acceptors (Lipinski definition) is 5. The van der Waals surface area contributed by atoms with Gasteiger partial charge in [-0.3, -0.25) is 0 Å². The van der Waals surface area contributed by atoms with Gasteiger partial charge in [0.1, 0.15) is 0 Å². The summed E-state index contributed by atoms with van der Waals surface area (Å²) >= 11 is 3.36. The van der Waals surface area contributed by atoms with Gasteiger partial charge in [-0.2, -0.15) is 0 Å². The molecule has 0 radical (unpaired) electrons. The third-order valence-corrected chi connectivity index (χ3v) is 4.56. The van der Waals surface area contributed by atoms with Crippen molar-refractivity contribution in [3.05, 3.63) is 58.1 Å². The number of esters is 1. The molecule has 0 unspecified atom stereocenters. The number of anilines is 1. The second kappa shape index (κ2) is 7.12. The summed E-state index contributed by atoms with van der Waals surface area (Å²) in [5, 5.41) is 8.18. The molecule has 122 valence electrons. The highest BCUT2D eigenvalue weighted by Gasteiger charge is 2.17. The van der Waals surface area contributed by atoms with Gasteiger partial charge < -0.3 is 10.1 Å². The van der Waals surface area contributed by atoms with E-state index in [1.807, 2.05) is 24.3 Å². The molecule has 0 bridgehead atoms. The van der Waals surface area contributed by atoms with Crippen LogP contribution in [-0.2, 0) is 21.3 Å². The number of methoxy groups -OCH3 is 1. The monoisotopic (exact) mass is 398 g/mol. The van der Waals surface area contributed by atoms with Crippen molar-refractivity contribution in [2.45, 2.75) is 11.4 Å². The van der Waals surface area contributed by atoms with Gasteiger partial charge in [0.25, 0.3) is 0 Å². The van der Waals surface area contributed by atoms with Gasteiger partial charge in [-0.25, -0.2) is 18.4 Å². The zero-order valence-corrected chi connectivity index (χ0v) is 14.6. The van der Waals surface area contributed by atoms with Crippen LogP contribution < -0.4 is 10.5 Å². The minimum atomic E-state index is -3.90. The first kappa shape index (κ1) is 17.5. The predicted molar refractivity (Wildman–Crippen MR) is 90.6 cm³/mol. The fraction of sp³-hybridized carbons (Fsp3) is 0.133. The molecular formula is C15H15BrN2O4S. The van der Waals surface area contributed by atoms with E-state index in [1.165, 1.54) is 25.3 Å². The van der Waals surface area contributed by atoms with Crippen LogP contribution in [0.4, 0.5) is 5.69 Å². The van der Waals surface area contributed by atoms with E-state index in [0.717, 1.165) is 10.0 Å². The maximum atomic E-state index is 11.9. The third-order valence-electron chi connectivity index (χ3n) is 3.12. The summed E-state index contributed by atoms with van der Waals surface area (Å²) in [7, 11) is -2.67. The molecule has 0 atom stereocenters. The van der Waals surface area contributed by atoms with Crippen LogP contribution in [-0.4, -0.2) is 21.5 Å². The summed E-state index contributed by atoms with van der Waals surface area (Å²) in [6.07, 6.45) is 0. The van der Waals surface area contributed by atoms with E-state index in [0.29, 0.717) is 12.2 Å². The second-order valence-electron chi connectivity index (χ2n) is 4.72. The molecule has 23 heavy (non-hydrogen) atoms. The Hall–Kier alpha value is -1.90. The smallest absolute Gasteiger partial charge is 0.340 e. The zero-order chi connectivity index (χ0) is 17.0. The van der Waals surface area contributed by atoms with Crippen molar-refractivity contribution < 1.29 is 17.9 Å². The molecule has 0 heterocycles. The number of carbonyl (C=O) groups is 1. The van der Waals surface area contributed by atoms with Crippen molar-refractivity contribution in [3.63, 3.8) is 0 Å². The standard InChI is InChI=1S/C15H15BrN2O4S/c1-22-15(19)13-8-12(23(17,20)21)6-7-14(13)18-9-10-2-4-11(16)5-3-10/h2-8,18H,9H2,1H3,(H2,17,20,21). The van der Waals surface area contributed by atoms with Crippen LogP contribution in [0.5, 0.6) is 0 Å². The average molecular weight is 399 g/mol. The lowest BCUT2D eigenvalue weighted by Crippen LogP contribution is -2.15. The quantitative estimate of drug-likeness (QED) is 0.753. The van der Waals surface area contributed by atoms with Crippen LogP contribution >= 0.6 is 15.9 Å². The summed E-state index contributed by atoms with van der Waals surface area (Å²) in [5.74, 6) is -0.645. The van der Waals surface area contributed by atoms with Crippen LogP contribution in [0.1, 0.15) is 15.9 Å². The zero-order valence-electron chi connectivity index (χ0n) is 12.2. The lowest BCUT2D eigenvalue weighted by atomic mass is 10.1. The topological polar surface area (TPSA) is 98.5 Å². The first-order valence-corrected chi connectivity index (χ1v) is 8.88. The molecule has 0 aliphatic rings. The van der Waals surface area contributed by atoms with Gasteiger partial charge in [0.2, 0.25) is 10.0 Å². The minimum Gasteiger partial charge on any atom is -0.465 e. The number of hydrogen-bond donors (Lipinski definition) is 2. The molecule has 0 spiro atoms. The Bertz CT molecular complexity index is 820. The Kier molecular flexibility index (Phi) is 5.40. The molecule has 0 saturated heterocycles. The molecule has 3 N–H and O–H groups in total. The van der Waals surface area contributed by atoms with Crippen molar-refractivity contribution in [1.82, 2.24) is 0 Å². The van der Waals surface area contributed by atoms with Gasteiger partial charge in [-0.05, 0) is 35.9 Å². The maximum Gasteiger partial charge on any atom is 0.340 e. The van der Waals surface area contributed by atoms with Gasteiger partial charge >= 0.3 is 5.97 Å². The Morgan fingerprint density at radius 3 is 2.43 bits per heavy atom. The number of primary sulfonamides is 1. The average Bonchev–Trinajstić information content (AvgIpc) is 2.52. The first-order chi connectivity index (χ1) is 10.8. The molecule has 2 aromatic rings. The summed E-state index contributed by atoms with van der Waals surface area (Å²) in [4.78, 5) is 11.7. The molecule has 8 heteroatoms. The summed E-state index contributed by atoms with van der Waals surface area (Å²) in [6, 6.07) is 11.7. The predicted octanol–water partition coefficient (Wildman–Crippen LogP) is 2.50. The van der Waals surface area contributed by atoms with Crippen LogP contribution in [0.3, 0.4) is 0 Å². The Balaban J connectivity index is 2.30. The number of nitrogens with two attached hydrogens (primary N) is 1. The maximum absolute atomic E-state index is 11.9. The summed E-state index contributed by atoms with van der Waals surface area (Å²) in [5.41, 5.74) is 1.57. The molecule has 0 fully saturated rings. The molecule has 2 rings (SSSR count). The summed E-state index contributed by atoms with van der Waals surface area (Å²) in [6.45, 7) is 0.464. The van der Waals surface area contributed by atoms with E-state index in [9.17, 15) is 13.2 Å². The molecule has 0 saturated carbocycles. The normalized spacial score (nSPS) is 11.1. The van der Waals surface area contributed by atoms with E-state index >= 15 is 0 Å². The number of halogens is 1. The van der Waals surface area contributed by atoms with E-state index < -0.39 is 16.0 Å². The van der Waals surface area contributed by atoms with Gasteiger partial charge in [0.15, 0.2) is 0 Å². The van der Waals surface area contributed by atoms with Gasteiger partial charge in [0, 0.05) is 16.7 Å². The number of sulfonamides is 1. The third kappa shape index (κ3) is 4.54. The fourth-order valence-corrected chi connectivity index (χ4v) is 2.74. The highest BCUT2D eigenvalue weighted by molar-refractivity contribution is 9.10. The molecule has 0 aliphatic heterocycles. The molecule has 0 aromatic heterocycles. The number of ether oxygens (including phenoxy) is 1. The largest absolute Gasteiger partial charge is 0.465 e. The number of carbonyl (C=O) groups excluding carboxylic acids is 1. The molecular weight excluding hydrogens is 384 g/mol. The van der Waals surface area contributed by atoms with Gasteiger partial charge in [-0.15, -0.1) is 0 Å². The number of rotatable bonds is 5. The lowest BCUT2D eigenvalue weighted by molar-refractivity contribution is 0.0601.